The van der Waals surface area contributed by atoms with Gasteiger partial charge in [-0.3, -0.25) is 4.79 Å². The largest absolute Gasteiger partial charge is 0.493 e. The van der Waals surface area contributed by atoms with Crippen molar-refractivity contribution in [3.63, 3.8) is 0 Å². The van der Waals surface area contributed by atoms with E-state index in [1.54, 1.807) is 14.2 Å². The molecule has 0 aromatic heterocycles. The molecule has 24 heavy (non-hydrogen) atoms. The normalized spacial score (nSPS) is 14.8. The summed E-state index contributed by atoms with van der Waals surface area (Å²) < 4.78 is 10.7. The van der Waals surface area contributed by atoms with Crippen LogP contribution in [-0.2, 0) is 10.2 Å². The third-order valence-electron chi connectivity index (χ3n) is 4.72. The van der Waals surface area contributed by atoms with Gasteiger partial charge < -0.3 is 14.4 Å². The van der Waals surface area contributed by atoms with Crippen LogP contribution >= 0.6 is 0 Å². The molecule has 0 spiro atoms. The number of carbonyl (C=O) groups excluding carboxylic acids is 1. The second kappa shape index (κ2) is 6.56. The second-order valence-electron chi connectivity index (χ2n) is 6.04. The minimum Gasteiger partial charge on any atom is -0.493 e. The molecule has 3 rings (SSSR count). The van der Waals surface area contributed by atoms with E-state index in [0.717, 1.165) is 24.1 Å². The molecule has 0 saturated heterocycles. The zero-order chi connectivity index (χ0) is 17.2. The van der Waals surface area contributed by atoms with Crippen LogP contribution in [0.2, 0.25) is 0 Å². The summed E-state index contributed by atoms with van der Waals surface area (Å²) in [4.78, 5) is 15.1. The average Bonchev–Trinajstić information content (AvgIpc) is 3.44. The zero-order valence-corrected chi connectivity index (χ0v) is 14.4. The van der Waals surface area contributed by atoms with Crippen LogP contribution in [-0.4, -0.2) is 26.7 Å². The van der Waals surface area contributed by atoms with Gasteiger partial charge >= 0.3 is 0 Å². The molecule has 2 aromatic carbocycles. The van der Waals surface area contributed by atoms with Crippen LogP contribution in [0.4, 0.5) is 5.69 Å². The lowest BCUT2D eigenvalue weighted by Crippen LogP contribution is -2.39. The number of anilines is 1. The number of ether oxygens (including phenoxy) is 2. The van der Waals surface area contributed by atoms with Crippen molar-refractivity contribution in [1.29, 1.82) is 0 Å². The summed E-state index contributed by atoms with van der Waals surface area (Å²) in [5.41, 5.74) is 1.50. The van der Waals surface area contributed by atoms with E-state index in [4.69, 9.17) is 9.47 Å². The molecule has 1 aliphatic rings. The Kier molecular flexibility index (Phi) is 4.47. The Hall–Kier alpha value is -2.49. The number of hydrogen-bond donors (Lipinski definition) is 0. The van der Waals surface area contributed by atoms with Crippen molar-refractivity contribution < 1.29 is 14.3 Å². The Bertz CT molecular complexity index is 723. The summed E-state index contributed by atoms with van der Waals surface area (Å²) in [6, 6.07) is 15.6. The lowest BCUT2D eigenvalue weighted by Gasteiger charge is -2.27. The number of nitrogens with zero attached hydrogens (tertiary/aromatic N) is 1. The molecule has 0 radical (unpaired) electrons. The molecular formula is C20H23NO3. The number of benzene rings is 2. The summed E-state index contributed by atoms with van der Waals surface area (Å²) in [6.45, 7) is 2.66. The van der Waals surface area contributed by atoms with Gasteiger partial charge in [-0.25, -0.2) is 0 Å². The van der Waals surface area contributed by atoms with Crippen LogP contribution in [0.15, 0.2) is 48.5 Å². The summed E-state index contributed by atoms with van der Waals surface area (Å²) in [7, 11) is 3.23. The minimum atomic E-state index is -0.439. The Morgan fingerprint density at radius 1 is 1.04 bits per heavy atom. The number of methoxy groups -OCH3 is 2. The van der Waals surface area contributed by atoms with Crippen molar-refractivity contribution in [3.8, 4) is 11.5 Å². The standard InChI is InChI=1S/C20H23NO3/c1-4-21(16-8-6-5-7-9-16)19(22)20(12-13-20)15-10-11-17(23-2)18(14-15)24-3/h5-11,14H,4,12-13H2,1-3H3. The van der Waals surface area contributed by atoms with Crippen LogP contribution in [0.5, 0.6) is 11.5 Å². The van der Waals surface area contributed by atoms with Crippen LogP contribution in [0, 0.1) is 0 Å². The van der Waals surface area contributed by atoms with Gasteiger partial charge in [-0.05, 0) is 49.6 Å². The number of amides is 1. The van der Waals surface area contributed by atoms with E-state index in [-0.39, 0.29) is 5.91 Å². The van der Waals surface area contributed by atoms with Gasteiger partial charge in [0.05, 0.1) is 19.6 Å². The molecule has 4 nitrogen and oxygen atoms in total. The highest BCUT2D eigenvalue weighted by molar-refractivity contribution is 6.03. The maximum absolute atomic E-state index is 13.3. The molecule has 1 amide bonds. The number of likely N-dealkylation sites (N-methyl/N-ethyl adjacent to an activating group) is 1. The molecule has 0 bridgehead atoms. The first kappa shape index (κ1) is 16.4. The smallest absolute Gasteiger partial charge is 0.237 e. The van der Waals surface area contributed by atoms with Crippen molar-refractivity contribution in [3.05, 3.63) is 54.1 Å². The lowest BCUT2D eigenvalue weighted by atomic mass is 9.93. The fourth-order valence-corrected chi connectivity index (χ4v) is 3.19. The topological polar surface area (TPSA) is 38.8 Å². The molecule has 2 aromatic rings. The number of hydrogen-bond acceptors (Lipinski definition) is 3. The highest BCUT2D eigenvalue weighted by Gasteiger charge is 2.53. The maximum atomic E-state index is 13.3. The van der Waals surface area contributed by atoms with E-state index >= 15 is 0 Å². The van der Waals surface area contributed by atoms with Gasteiger partial charge in [0.15, 0.2) is 11.5 Å². The molecule has 4 heteroatoms. The van der Waals surface area contributed by atoms with E-state index in [9.17, 15) is 4.79 Å². The first-order valence-corrected chi connectivity index (χ1v) is 8.26. The quantitative estimate of drug-likeness (QED) is 0.811. The predicted octanol–water partition coefficient (Wildman–Crippen LogP) is 3.79. The fraction of sp³-hybridized carbons (Fsp3) is 0.350. The first-order valence-electron chi connectivity index (χ1n) is 8.26. The number of para-hydroxylation sites is 1. The Balaban J connectivity index is 1.94. The minimum absolute atomic E-state index is 0.156. The SMILES string of the molecule is CCN(C(=O)C1(c2ccc(OC)c(OC)c2)CC1)c1ccccc1. The van der Waals surface area contributed by atoms with Gasteiger partial charge in [0.1, 0.15) is 0 Å². The molecule has 0 unspecified atom stereocenters. The van der Waals surface area contributed by atoms with Crippen LogP contribution < -0.4 is 14.4 Å². The van der Waals surface area contributed by atoms with Crippen molar-refractivity contribution in [2.45, 2.75) is 25.2 Å². The van der Waals surface area contributed by atoms with Crippen LogP contribution in [0.3, 0.4) is 0 Å². The Morgan fingerprint density at radius 3 is 2.25 bits per heavy atom. The van der Waals surface area contributed by atoms with Gasteiger partial charge in [0, 0.05) is 12.2 Å². The molecule has 1 aliphatic carbocycles. The number of carbonyl (C=O) groups is 1. The van der Waals surface area contributed by atoms with Gasteiger partial charge in [-0.15, -0.1) is 0 Å². The number of rotatable bonds is 6. The molecule has 1 fully saturated rings. The molecule has 126 valence electrons. The van der Waals surface area contributed by atoms with E-state index in [1.807, 2.05) is 60.4 Å². The molecule has 0 aliphatic heterocycles. The molecule has 1 saturated carbocycles. The molecule has 0 heterocycles. The molecular weight excluding hydrogens is 302 g/mol. The fourth-order valence-electron chi connectivity index (χ4n) is 3.19. The third kappa shape index (κ3) is 2.73. The molecule has 0 N–H and O–H groups in total. The Labute approximate surface area is 143 Å². The van der Waals surface area contributed by atoms with Crippen molar-refractivity contribution in [2.75, 3.05) is 25.7 Å². The first-order chi connectivity index (χ1) is 11.7. The van der Waals surface area contributed by atoms with Crippen molar-refractivity contribution >= 4 is 11.6 Å². The van der Waals surface area contributed by atoms with E-state index < -0.39 is 5.41 Å². The van der Waals surface area contributed by atoms with Crippen LogP contribution in [0.25, 0.3) is 0 Å². The summed E-state index contributed by atoms with van der Waals surface area (Å²) >= 11 is 0. The Morgan fingerprint density at radius 2 is 1.71 bits per heavy atom. The van der Waals surface area contributed by atoms with Gasteiger partial charge in [-0.1, -0.05) is 24.3 Å². The van der Waals surface area contributed by atoms with Gasteiger partial charge in [-0.2, -0.15) is 0 Å². The van der Waals surface area contributed by atoms with Gasteiger partial charge in [0.2, 0.25) is 5.91 Å². The van der Waals surface area contributed by atoms with Crippen molar-refractivity contribution in [1.82, 2.24) is 0 Å². The summed E-state index contributed by atoms with van der Waals surface area (Å²) in [5.74, 6) is 1.50. The van der Waals surface area contributed by atoms with Crippen molar-refractivity contribution in [2.24, 2.45) is 0 Å². The average molecular weight is 325 g/mol. The van der Waals surface area contributed by atoms with Crippen LogP contribution in [0.1, 0.15) is 25.3 Å². The van der Waals surface area contributed by atoms with E-state index in [1.165, 1.54) is 0 Å². The van der Waals surface area contributed by atoms with E-state index in [2.05, 4.69) is 0 Å². The summed E-state index contributed by atoms with van der Waals surface area (Å²) in [6.07, 6.45) is 1.73. The zero-order valence-electron chi connectivity index (χ0n) is 14.4. The second-order valence-corrected chi connectivity index (χ2v) is 6.04. The van der Waals surface area contributed by atoms with E-state index in [0.29, 0.717) is 18.0 Å². The molecule has 0 atom stereocenters. The highest BCUT2D eigenvalue weighted by Crippen LogP contribution is 2.51. The summed E-state index contributed by atoms with van der Waals surface area (Å²) in [5, 5.41) is 0. The van der Waals surface area contributed by atoms with Gasteiger partial charge in [0.25, 0.3) is 0 Å². The monoisotopic (exact) mass is 325 g/mol. The lowest BCUT2D eigenvalue weighted by molar-refractivity contribution is -0.121. The third-order valence-corrected chi connectivity index (χ3v) is 4.72. The predicted molar refractivity (Wildman–Crippen MR) is 94.9 cm³/mol. The highest BCUT2D eigenvalue weighted by atomic mass is 16.5. The maximum Gasteiger partial charge on any atom is 0.237 e.